The largest absolute Gasteiger partial charge is 0.385 e. The summed E-state index contributed by atoms with van der Waals surface area (Å²) >= 11 is 0. The molecule has 1 unspecified atom stereocenters. The lowest BCUT2D eigenvalue weighted by Gasteiger charge is -2.12. The summed E-state index contributed by atoms with van der Waals surface area (Å²) in [5.41, 5.74) is 0.817. The third-order valence-electron chi connectivity index (χ3n) is 2.81. The molecule has 1 aromatic rings. The van der Waals surface area contributed by atoms with Gasteiger partial charge in [0.15, 0.2) is 0 Å². The van der Waals surface area contributed by atoms with Crippen LogP contribution in [0.4, 0.5) is 10.1 Å². The summed E-state index contributed by atoms with van der Waals surface area (Å²) in [6.07, 6.45) is 2.70. The number of anilines is 1. The average molecular weight is 209 g/mol. The van der Waals surface area contributed by atoms with Crippen molar-refractivity contribution in [2.75, 3.05) is 32.0 Å². The van der Waals surface area contributed by atoms with E-state index in [-0.39, 0.29) is 0 Å². The number of nitrogens with one attached hydrogen (secondary N) is 1. The van der Waals surface area contributed by atoms with E-state index in [1.54, 1.807) is 6.07 Å². The molecule has 2 rings (SSSR count). The van der Waals surface area contributed by atoms with Crippen LogP contribution in [0.1, 0.15) is 6.42 Å². The summed E-state index contributed by atoms with van der Waals surface area (Å²) in [6.45, 7) is 3.20. The molecule has 0 bridgehead atoms. The maximum absolute atomic E-state index is 12.8. The Morgan fingerprint density at radius 2 is 2.53 bits per heavy atom. The van der Waals surface area contributed by atoms with Gasteiger partial charge in [0.05, 0.1) is 0 Å². The number of pyridine rings is 1. The van der Waals surface area contributed by atoms with E-state index in [1.807, 2.05) is 0 Å². The van der Waals surface area contributed by atoms with Crippen molar-refractivity contribution >= 4 is 5.69 Å². The Kier molecular flexibility index (Phi) is 3.16. The minimum Gasteiger partial charge on any atom is -0.385 e. The number of aromatic nitrogens is 1. The minimum absolute atomic E-state index is 0.427. The third kappa shape index (κ3) is 2.89. The van der Waals surface area contributed by atoms with E-state index in [2.05, 4.69) is 22.2 Å². The first-order valence-electron chi connectivity index (χ1n) is 5.28. The van der Waals surface area contributed by atoms with Gasteiger partial charge in [-0.25, -0.2) is 4.98 Å². The van der Waals surface area contributed by atoms with Crippen LogP contribution in [-0.4, -0.2) is 36.6 Å². The molecule has 1 saturated heterocycles. The second kappa shape index (κ2) is 4.57. The highest BCUT2D eigenvalue weighted by atomic mass is 19.1. The van der Waals surface area contributed by atoms with E-state index in [9.17, 15) is 4.39 Å². The third-order valence-corrected chi connectivity index (χ3v) is 2.81. The van der Waals surface area contributed by atoms with Crippen molar-refractivity contribution < 1.29 is 4.39 Å². The van der Waals surface area contributed by atoms with E-state index in [0.29, 0.717) is 5.92 Å². The van der Waals surface area contributed by atoms with Crippen LogP contribution in [0.15, 0.2) is 18.3 Å². The van der Waals surface area contributed by atoms with E-state index in [4.69, 9.17) is 0 Å². The number of likely N-dealkylation sites (tertiary alicyclic amines) is 1. The van der Waals surface area contributed by atoms with Crippen molar-refractivity contribution in [1.82, 2.24) is 9.88 Å². The van der Waals surface area contributed by atoms with Gasteiger partial charge in [0.25, 0.3) is 0 Å². The highest BCUT2D eigenvalue weighted by Crippen LogP contribution is 2.15. The second-order valence-corrected chi connectivity index (χ2v) is 4.17. The molecule has 3 nitrogen and oxygen atoms in total. The molecule has 1 aromatic heterocycles. The van der Waals surface area contributed by atoms with Crippen molar-refractivity contribution in [3.63, 3.8) is 0 Å². The highest BCUT2D eigenvalue weighted by Gasteiger charge is 2.18. The Balaban J connectivity index is 1.83. The fourth-order valence-electron chi connectivity index (χ4n) is 1.97. The van der Waals surface area contributed by atoms with Crippen molar-refractivity contribution in [1.29, 1.82) is 0 Å². The zero-order chi connectivity index (χ0) is 10.7. The topological polar surface area (TPSA) is 28.2 Å². The Morgan fingerprint density at radius 3 is 3.20 bits per heavy atom. The van der Waals surface area contributed by atoms with Crippen LogP contribution in [-0.2, 0) is 0 Å². The summed E-state index contributed by atoms with van der Waals surface area (Å²) in [7, 11) is 2.13. The fourth-order valence-corrected chi connectivity index (χ4v) is 1.97. The quantitative estimate of drug-likeness (QED) is 0.766. The van der Waals surface area contributed by atoms with Crippen LogP contribution >= 0.6 is 0 Å². The van der Waals surface area contributed by atoms with Crippen LogP contribution in [0.5, 0.6) is 0 Å². The molecule has 0 aliphatic carbocycles. The second-order valence-electron chi connectivity index (χ2n) is 4.17. The minimum atomic E-state index is -0.427. The van der Waals surface area contributed by atoms with Gasteiger partial charge in [-0.05, 0) is 32.0 Å². The number of halogens is 1. The lowest BCUT2D eigenvalue weighted by atomic mass is 10.1. The first-order chi connectivity index (χ1) is 7.24. The number of nitrogens with zero attached hydrogens (tertiary/aromatic N) is 2. The van der Waals surface area contributed by atoms with E-state index < -0.39 is 5.95 Å². The monoisotopic (exact) mass is 209 g/mol. The molecular formula is C11H16FN3. The Morgan fingerprint density at radius 1 is 1.67 bits per heavy atom. The maximum atomic E-state index is 12.8. The normalized spacial score (nSPS) is 21.9. The molecule has 1 atom stereocenters. The summed E-state index contributed by atoms with van der Waals surface area (Å²) in [6, 6.07) is 3.22. The molecule has 0 amide bonds. The van der Waals surface area contributed by atoms with Gasteiger partial charge in [0, 0.05) is 31.0 Å². The standard InChI is InChI=1S/C11H16FN3/c1-15-5-3-9(8-15)7-14-10-2-4-13-11(12)6-10/h2,4,6,9H,3,5,7-8H2,1H3,(H,13,14). The number of rotatable bonds is 3. The lowest BCUT2D eigenvalue weighted by Crippen LogP contribution is -2.19. The van der Waals surface area contributed by atoms with Gasteiger partial charge in [-0.15, -0.1) is 0 Å². The summed E-state index contributed by atoms with van der Waals surface area (Å²) in [5.74, 6) is 0.245. The van der Waals surface area contributed by atoms with E-state index >= 15 is 0 Å². The Hall–Kier alpha value is -1.16. The number of hydrogen-bond acceptors (Lipinski definition) is 3. The van der Waals surface area contributed by atoms with Crippen LogP contribution in [0.25, 0.3) is 0 Å². The predicted molar refractivity (Wildman–Crippen MR) is 58.3 cm³/mol. The summed E-state index contributed by atoms with van der Waals surface area (Å²) in [5, 5.41) is 3.24. The summed E-state index contributed by atoms with van der Waals surface area (Å²) < 4.78 is 12.8. The van der Waals surface area contributed by atoms with Crippen molar-refractivity contribution in [2.45, 2.75) is 6.42 Å². The van der Waals surface area contributed by atoms with Gasteiger partial charge in [-0.3, -0.25) is 0 Å². The molecule has 1 fully saturated rings. The van der Waals surface area contributed by atoms with Crippen molar-refractivity contribution in [3.8, 4) is 0 Å². The molecule has 2 heterocycles. The molecule has 1 N–H and O–H groups in total. The fraction of sp³-hybridized carbons (Fsp3) is 0.545. The average Bonchev–Trinajstić information content (AvgIpc) is 2.62. The molecule has 0 spiro atoms. The van der Waals surface area contributed by atoms with Crippen LogP contribution < -0.4 is 5.32 Å². The van der Waals surface area contributed by atoms with Crippen LogP contribution in [0.3, 0.4) is 0 Å². The smallest absolute Gasteiger partial charge is 0.214 e. The van der Waals surface area contributed by atoms with Gasteiger partial charge < -0.3 is 10.2 Å². The lowest BCUT2D eigenvalue weighted by molar-refractivity contribution is 0.399. The zero-order valence-corrected chi connectivity index (χ0v) is 8.91. The molecule has 0 saturated carbocycles. The first-order valence-corrected chi connectivity index (χ1v) is 5.28. The van der Waals surface area contributed by atoms with Crippen molar-refractivity contribution in [2.24, 2.45) is 5.92 Å². The maximum Gasteiger partial charge on any atom is 0.214 e. The van der Waals surface area contributed by atoms with Gasteiger partial charge in [0.2, 0.25) is 5.95 Å². The summed E-state index contributed by atoms with van der Waals surface area (Å²) in [4.78, 5) is 5.84. The van der Waals surface area contributed by atoms with Gasteiger partial charge in [0.1, 0.15) is 0 Å². The van der Waals surface area contributed by atoms with Gasteiger partial charge in [-0.2, -0.15) is 4.39 Å². The SMILES string of the molecule is CN1CCC(CNc2ccnc(F)c2)C1. The van der Waals surface area contributed by atoms with Gasteiger partial charge in [-0.1, -0.05) is 0 Å². The molecular weight excluding hydrogens is 193 g/mol. The molecule has 82 valence electrons. The predicted octanol–water partition coefficient (Wildman–Crippen LogP) is 1.58. The molecule has 1 aliphatic heterocycles. The van der Waals surface area contributed by atoms with Crippen LogP contribution in [0.2, 0.25) is 0 Å². The molecule has 0 aromatic carbocycles. The zero-order valence-electron chi connectivity index (χ0n) is 8.91. The van der Waals surface area contributed by atoms with Gasteiger partial charge >= 0.3 is 0 Å². The Bertz CT molecular complexity index is 329. The molecule has 4 heteroatoms. The Labute approximate surface area is 89.3 Å². The molecule has 0 radical (unpaired) electrons. The first kappa shape index (κ1) is 10.4. The molecule has 15 heavy (non-hydrogen) atoms. The van der Waals surface area contributed by atoms with E-state index in [0.717, 1.165) is 25.3 Å². The van der Waals surface area contributed by atoms with Crippen molar-refractivity contribution in [3.05, 3.63) is 24.3 Å². The highest BCUT2D eigenvalue weighted by molar-refractivity contribution is 5.41. The van der Waals surface area contributed by atoms with Crippen LogP contribution in [0, 0.1) is 11.9 Å². The molecule has 1 aliphatic rings. The number of hydrogen-bond donors (Lipinski definition) is 1. The van der Waals surface area contributed by atoms with E-state index in [1.165, 1.54) is 18.7 Å².